The summed E-state index contributed by atoms with van der Waals surface area (Å²) in [4.78, 5) is 27.6. The van der Waals surface area contributed by atoms with Gasteiger partial charge in [0.15, 0.2) is 5.78 Å². The molecule has 2 aliphatic rings. The fraction of sp³-hybridized carbons (Fsp3) is 0.333. The highest BCUT2D eigenvalue weighted by molar-refractivity contribution is 9.10. The number of Topliss-reactive ketones (excluding diaryl/α,β-unsaturated/α-hetero) is 1. The van der Waals surface area contributed by atoms with E-state index in [-0.39, 0.29) is 36.1 Å². The molecule has 1 N–H and O–H groups in total. The van der Waals surface area contributed by atoms with Gasteiger partial charge in [-0.05, 0) is 43.0 Å². The second kappa shape index (κ2) is 9.68. The normalized spacial score (nSPS) is 20.8. The molecule has 1 aromatic carbocycles. The molecule has 32 heavy (non-hydrogen) atoms. The van der Waals surface area contributed by atoms with E-state index in [0.29, 0.717) is 28.6 Å². The zero-order valence-electron chi connectivity index (χ0n) is 17.7. The Morgan fingerprint density at radius 3 is 2.81 bits per heavy atom. The SMILES string of the molecule is COCCOC(=O)C1=C(C)NC2=C(C(=O)CC(c3cccs3)C2)C1c1cc(Br)ccc1F. The number of esters is 1. The lowest BCUT2D eigenvalue weighted by molar-refractivity contribution is -0.140. The molecule has 1 aromatic heterocycles. The van der Waals surface area contributed by atoms with E-state index in [0.717, 1.165) is 10.6 Å². The summed E-state index contributed by atoms with van der Waals surface area (Å²) in [6.07, 6.45) is 0.940. The van der Waals surface area contributed by atoms with Gasteiger partial charge in [0.25, 0.3) is 0 Å². The van der Waals surface area contributed by atoms with Crippen LogP contribution in [0.15, 0.2) is 62.7 Å². The Morgan fingerprint density at radius 1 is 1.28 bits per heavy atom. The van der Waals surface area contributed by atoms with Gasteiger partial charge >= 0.3 is 5.97 Å². The molecule has 0 fully saturated rings. The van der Waals surface area contributed by atoms with E-state index in [9.17, 15) is 9.59 Å². The summed E-state index contributed by atoms with van der Waals surface area (Å²) in [6.45, 7) is 2.08. The first-order chi connectivity index (χ1) is 15.4. The molecule has 168 valence electrons. The number of carbonyl (C=O) groups excluding carboxylic acids is 2. The van der Waals surface area contributed by atoms with Gasteiger partial charge in [-0.15, -0.1) is 11.3 Å². The maximum absolute atomic E-state index is 15.0. The number of allylic oxidation sites excluding steroid dienone is 3. The number of dihydropyridines is 1. The molecule has 8 heteroatoms. The molecule has 0 spiro atoms. The number of ketones is 1. The van der Waals surface area contributed by atoms with Gasteiger partial charge in [0.05, 0.1) is 18.1 Å². The van der Waals surface area contributed by atoms with Gasteiger partial charge in [0.2, 0.25) is 0 Å². The maximum Gasteiger partial charge on any atom is 0.336 e. The van der Waals surface area contributed by atoms with Crippen LogP contribution in [0.4, 0.5) is 4.39 Å². The van der Waals surface area contributed by atoms with E-state index >= 15 is 4.39 Å². The molecule has 0 amide bonds. The monoisotopic (exact) mass is 519 g/mol. The van der Waals surface area contributed by atoms with Crippen molar-refractivity contribution in [2.24, 2.45) is 0 Å². The van der Waals surface area contributed by atoms with Crippen molar-refractivity contribution in [3.8, 4) is 0 Å². The minimum atomic E-state index is -0.837. The van der Waals surface area contributed by atoms with Crippen LogP contribution in [0.2, 0.25) is 0 Å². The van der Waals surface area contributed by atoms with Crippen molar-refractivity contribution in [1.29, 1.82) is 0 Å². The Bertz CT molecular complexity index is 1110. The Morgan fingerprint density at radius 2 is 2.09 bits per heavy atom. The van der Waals surface area contributed by atoms with Gasteiger partial charge in [0.1, 0.15) is 12.4 Å². The Labute approximate surface area is 198 Å². The molecule has 2 unspecified atom stereocenters. The van der Waals surface area contributed by atoms with E-state index < -0.39 is 17.7 Å². The van der Waals surface area contributed by atoms with Crippen LogP contribution in [0, 0.1) is 5.82 Å². The highest BCUT2D eigenvalue weighted by atomic mass is 79.9. The van der Waals surface area contributed by atoms with Crippen LogP contribution < -0.4 is 5.32 Å². The Hall–Kier alpha value is -2.29. The zero-order valence-corrected chi connectivity index (χ0v) is 20.1. The second-order valence-corrected chi connectivity index (χ2v) is 9.72. The molecule has 4 rings (SSSR count). The lowest BCUT2D eigenvalue weighted by atomic mass is 9.72. The number of ether oxygens (including phenoxy) is 2. The molecule has 0 bridgehead atoms. The summed E-state index contributed by atoms with van der Waals surface area (Å²) in [7, 11) is 1.52. The van der Waals surface area contributed by atoms with E-state index in [1.807, 2.05) is 17.5 Å². The number of methoxy groups -OCH3 is 1. The van der Waals surface area contributed by atoms with Crippen LogP contribution in [-0.2, 0) is 19.1 Å². The van der Waals surface area contributed by atoms with Crippen molar-refractivity contribution in [3.63, 3.8) is 0 Å². The third kappa shape index (κ3) is 4.44. The molecule has 1 aliphatic carbocycles. The summed E-state index contributed by atoms with van der Waals surface area (Å²) in [5.74, 6) is -1.93. The number of carbonyl (C=O) groups is 2. The van der Waals surface area contributed by atoms with Gasteiger partial charge in [-0.2, -0.15) is 0 Å². The van der Waals surface area contributed by atoms with Gasteiger partial charge < -0.3 is 14.8 Å². The predicted molar refractivity (Wildman–Crippen MR) is 124 cm³/mol. The fourth-order valence-electron chi connectivity index (χ4n) is 4.38. The predicted octanol–water partition coefficient (Wildman–Crippen LogP) is 5.20. The van der Waals surface area contributed by atoms with Crippen molar-refractivity contribution in [1.82, 2.24) is 5.32 Å². The van der Waals surface area contributed by atoms with Crippen LogP contribution in [0.1, 0.15) is 42.0 Å². The summed E-state index contributed by atoms with van der Waals surface area (Å²) < 4.78 is 26.1. The van der Waals surface area contributed by atoms with E-state index in [1.165, 1.54) is 13.2 Å². The molecule has 0 radical (unpaired) electrons. The van der Waals surface area contributed by atoms with E-state index in [2.05, 4.69) is 21.2 Å². The molecule has 1 aliphatic heterocycles. The third-order valence-electron chi connectivity index (χ3n) is 5.78. The van der Waals surface area contributed by atoms with Crippen molar-refractivity contribution in [2.75, 3.05) is 20.3 Å². The van der Waals surface area contributed by atoms with Gasteiger partial charge in [-0.1, -0.05) is 22.0 Å². The maximum atomic E-state index is 15.0. The third-order valence-corrected chi connectivity index (χ3v) is 7.31. The van der Waals surface area contributed by atoms with Crippen LogP contribution >= 0.6 is 27.3 Å². The first-order valence-electron chi connectivity index (χ1n) is 10.3. The van der Waals surface area contributed by atoms with Crippen LogP contribution in [0.5, 0.6) is 0 Å². The summed E-state index contributed by atoms with van der Waals surface area (Å²) >= 11 is 5.02. The highest BCUT2D eigenvalue weighted by Gasteiger charge is 2.42. The second-order valence-electron chi connectivity index (χ2n) is 7.83. The number of halogens is 2. The standard InChI is InChI=1S/C24H23BrFNO4S/c1-13-21(24(29)31-8-7-30-2)22(16-12-15(25)5-6-17(16)26)23-18(27-13)10-14(11-19(23)28)20-4-3-9-32-20/h3-6,9,12,14,22,27H,7-8,10-11H2,1-2H3. The van der Waals surface area contributed by atoms with Crippen LogP contribution in [0.25, 0.3) is 0 Å². The molecule has 5 nitrogen and oxygen atoms in total. The van der Waals surface area contributed by atoms with Gasteiger partial charge in [-0.25, -0.2) is 9.18 Å². The highest BCUT2D eigenvalue weighted by Crippen LogP contribution is 2.47. The van der Waals surface area contributed by atoms with Crippen molar-refractivity contribution in [2.45, 2.75) is 31.6 Å². The zero-order chi connectivity index (χ0) is 22.8. The number of benzene rings is 1. The Balaban J connectivity index is 1.80. The van der Waals surface area contributed by atoms with Crippen molar-refractivity contribution < 1.29 is 23.5 Å². The van der Waals surface area contributed by atoms with E-state index in [1.54, 1.807) is 30.4 Å². The Kier molecular flexibility index (Phi) is 6.93. The average molecular weight is 520 g/mol. The van der Waals surface area contributed by atoms with Crippen molar-refractivity contribution >= 4 is 39.0 Å². The summed E-state index contributed by atoms with van der Waals surface area (Å²) in [5.41, 5.74) is 2.28. The average Bonchev–Trinajstić information content (AvgIpc) is 3.29. The lowest BCUT2D eigenvalue weighted by Gasteiger charge is -2.36. The summed E-state index contributed by atoms with van der Waals surface area (Å²) in [5, 5.41) is 5.27. The van der Waals surface area contributed by atoms with Crippen LogP contribution in [0.3, 0.4) is 0 Å². The van der Waals surface area contributed by atoms with Gasteiger partial charge in [-0.3, -0.25) is 4.79 Å². The number of hydrogen-bond acceptors (Lipinski definition) is 6. The molecule has 2 heterocycles. The molecular formula is C24H23BrFNO4S. The lowest BCUT2D eigenvalue weighted by Crippen LogP contribution is -2.36. The van der Waals surface area contributed by atoms with E-state index in [4.69, 9.17) is 9.47 Å². The topological polar surface area (TPSA) is 64.6 Å². The van der Waals surface area contributed by atoms with Crippen LogP contribution in [-0.4, -0.2) is 32.1 Å². The molecule has 2 aromatic rings. The fourth-order valence-corrected chi connectivity index (χ4v) is 5.59. The molecule has 0 saturated carbocycles. The minimum Gasteiger partial charge on any atom is -0.460 e. The number of nitrogens with one attached hydrogen (secondary N) is 1. The number of rotatable bonds is 6. The first kappa shape index (κ1) is 22.9. The summed E-state index contributed by atoms with van der Waals surface area (Å²) in [6, 6.07) is 8.57. The quantitative estimate of drug-likeness (QED) is 0.419. The smallest absolute Gasteiger partial charge is 0.336 e. The minimum absolute atomic E-state index is 0.0600. The molecular weight excluding hydrogens is 497 g/mol. The number of thiophene rings is 1. The molecule has 2 atom stereocenters. The number of hydrogen-bond donors (Lipinski definition) is 1. The largest absolute Gasteiger partial charge is 0.460 e. The van der Waals surface area contributed by atoms with Crippen molar-refractivity contribution in [3.05, 3.63) is 79.0 Å². The molecule has 0 saturated heterocycles. The first-order valence-corrected chi connectivity index (χ1v) is 12.0. The van der Waals surface area contributed by atoms with Gasteiger partial charge in [0, 0.05) is 51.3 Å².